The molecule has 0 bridgehead atoms. The fourth-order valence-electron chi connectivity index (χ4n) is 3.59. The molecule has 0 unspecified atom stereocenters. The molecule has 3 N–H and O–H groups in total. The van der Waals surface area contributed by atoms with Crippen molar-refractivity contribution >= 4 is 0 Å². The topological polar surface area (TPSA) is 89.8 Å². The number of para-hydroxylation sites is 1. The normalized spacial score (nSPS) is 23.1. The van der Waals surface area contributed by atoms with Crippen molar-refractivity contribution in [2.24, 2.45) is 5.73 Å². The van der Waals surface area contributed by atoms with E-state index >= 15 is 0 Å². The highest BCUT2D eigenvalue weighted by atomic mass is 16.3. The van der Waals surface area contributed by atoms with Gasteiger partial charge in [0.25, 0.3) is 0 Å². The first-order valence-corrected chi connectivity index (χ1v) is 9.01. The molecule has 2 heterocycles. The molecule has 134 valence electrons. The predicted octanol–water partition coefficient (Wildman–Crippen LogP) is 2.59. The molecule has 2 aromatic heterocycles. The molecule has 6 nitrogen and oxygen atoms in total. The van der Waals surface area contributed by atoms with Gasteiger partial charge < -0.3 is 10.8 Å². The minimum atomic E-state index is -0.434. The summed E-state index contributed by atoms with van der Waals surface area (Å²) in [6.07, 6.45) is 3.55. The Morgan fingerprint density at radius 1 is 1.12 bits per heavy atom. The standard InChI is InChI=1S/C20H23N5O/c1-13-6-2-3-8-17(13)25-20(14-9-10-18(26)15(21)12-14)23-19(24-25)16-7-4-5-11-22-16/h2-8,11,14-15,18,26H,9-10,12,21H2,1H3/t14-,15+,18+/m0/s1. The zero-order valence-electron chi connectivity index (χ0n) is 14.8. The molecule has 4 rings (SSSR count). The van der Waals surface area contributed by atoms with Gasteiger partial charge in [-0.1, -0.05) is 24.3 Å². The fraction of sp³-hybridized carbons (Fsp3) is 0.350. The molecule has 1 saturated carbocycles. The molecular weight excluding hydrogens is 326 g/mol. The van der Waals surface area contributed by atoms with Crippen molar-refractivity contribution in [1.29, 1.82) is 0 Å². The molecule has 0 radical (unpaired) electrons. The number of benzene rings is 1. The molecule has 1 aromatic carbocycles. The van der Waals surface area contributed by atoms with Gasteiger partial charge in [-0.05, 0) is 49.9 Å². The van der Waals surface area contributed by atoms with Gasteiger partial charge in [0.15, 0.2) is 5.82 Å². The van der Waals surface area contributed by atoms with Gasteiger partial charge in [-0.25, -0.2) is 9.67 Å². The zero-order valence-corrected chi connectivity index (χ0v) is 14.8. The van der Waals surface area contributed by atoms with Crippen molar-refractivity contribution in [2.75, 3.05) is 0 Å². The lowest BCUT2D eigenvalue weighted by atomic mass is 9.83. The van der Waals surface area contributed by atoms with Crippen LogP contribution in [0, 0.1) is 6.92 Å². The minimum Gasteiger partial charge on any atom is -0.392 e. The summed E-state index contributed by atoms with van der Waals surface area (Å²) in [6, 6.07) is 13.6. The van der Waals surface area contributed by atoms with Crippen LogP contribution in [0.3, 0.4) is 0 Å². The van der Waals surface area contributed by atoms with E-state index in [9.17, 15) is 5.11 Å². The van der Waals surface area contributed by atoms with Crippen LogP contribution >= 0.6 is 0 Å². The highest BCUT2D eigenvalue weighted by molar-refractivity contribution is 5.50. The average Bonchev–Trinajstić information content (AvgIpc) is 3.10. The Bertz CT molecular complexity index is 892. The van der Waals surface area contributed by atoms with Gasteiger partial charge in [0.2, 0.25) is 0 Å². The summed E-state index contributed by atoms with van der Waals surface area (Å²) in [4.78, 5) is 9.22. The highest BCUT2D eigenvalue weighted by Gasteiger charge is 2.31. The predicted molar refractivity (Wildman–Crippen MR) is 99.9 cm³/mol. The summed E-state index contributed by atoms with van der Waals surface area (Å²) in [5, 5.41) is 14.7. The Balaban J connectivity index is 1.81. The fourth-order valence-corrected chi connectivity index (χ4v) is 3.59. The first kappa shape index (κ1) is 16.9. The molecule has 0 saturated heterocycles. The Morgan fingerprint density at radius 2 is 1.92 bits per heavy atom. The van der Waals surface area contributed by atoms with Gasteiger partial charge in [-0.2, -0.15) is 0 Å². The first-order chi connectivity index (χ1) is 12.6. The number of aliphatic hydroxyl groups is 1. The lowest BCUT2D eigenvalue weighted by Gasteiger charge is -2.30. The van der Waals surface area contributed by atoms with Crippen LogP contribution in [-0.2, 0) is 0 Å². The van der Waals surface area contributed by atoms with E-state index in [0.717, 1.165) is 29.2 Å². The van der Waals surface area contributed by atoms with Gasteiger partial charge in [0.05, 0.1) is 11.8 Å². The number of aromatic nitrogens is 4. The SMILES string of the molecule is Cc1ccccc1-n1nc(-c2ccccn2)nc1[C@H]1CC[C@@H](O)[C@H](N)C1. The second-order valence-electron chi connectivity index (χ2n) is 6.95. The third-order valence-corrected chi connectivity index (χ3v) is 5.10. The number of rotatable bonds is 3. The molecule has 0 spiro atoms. The largest absolute Gasteiger partial charge is 0.392 e. The summed E-state index contributed by atoms with van der Waals surface area (Å²) in [6.45, 7) is 2.07. The number of hydrogen-bond donors (Lipinski definition) is 2. The molecule has 1 fully saturated rings. The second-order valence-corrected chi connectivity index (χ2v) is 6.95. The average molecular weight is 349 g/mol. The number of nitrogens with zero attached hydrogens (tertiary/aromatic N) is 4. The third kappa shape index (κ3) is 3.13. The Morgan fingerprint density at radius 3 is 2.65 bits per heavy atom. The maximum Gasteiger partial charge on any atom is 0.200 e. The van der Waals surface area contributed by atoms with Gasteiger partial charge in [0.1, 0.15) is 11.5 Å². The van der Waals surface area contributed by atoms with E-state index < -0.39 is 6.10 Å². The van der Waals surface area contributed by atoms with Gasteiger partial charge >= 0.3 is 0 Å². The summed E-state index contributed by atoms with van der Waals surface area (Å²) in [7, 11) is 0. The Hall–Kier alpha value is -2.57. The molecule has 1 aliphatic carbocycles. The quantitative estimate of drug-likeness (QED) is 0.758. The van der Waals surface area contributed by atoms with Crippen LogP contribution in [0.4, 0.5) is 0 Å². The van der Waals surface area contributed by atoms with Crippen molar-refractivity contribution in [1.82, 2.24) is 19.7 Å². The first-order valence-electron chi connectivity index (χ1n) is 9.01. The van der Waals surface area contributed by atoms with Gasteiger partial charge in [-0.3, -0.25) is 4.98 Å². The molecule has 6 heteroatoms. The second kappa shape index (κ2) is 6.97. The van der Waals surface area contributed by atoms with Crippen molar-refractivity contribution in [2.45, 2.75) is 44.2 Å². The number of nitrogens with two attached hydrogens (primary N) is 1. The number of aliphatic hydroxyl groups excluding tert-OH is 1. The van der Waals surface area contributed by atoms with Crippen LogP contribution < -0.4 is 5.73 Å². The van der Waals surface area contributed by atoms with Crippen molar-refractivity contribution < 1.29 is 5.11 Å². The summed E-state index contributed by atoms with van der Waals surface area (Å²) >= 11 is 0. The number of aryl methyl sites for hydroxylation is 1. The molecule has 1 aliphatic rings. The Kier molecular flexibility index (Phi) is 4.53. The van der Waals surface area contributed by atoms with E-state index in [-0.39, 0.29) is 12.0 Å². The van der Waals surface area contributed by atoms with E-state index in [1.807, 2.05) is 41.1 Å². The van der Waals surface area contributed by atoms with E-state index in [4.69, 9.17) is 15.8 Å². The lowest BCUT2D eigenvalue weighted by Crippen LogP contribution is -2.40. The van der Waals surface area contributed by atoms with E-state index in [2.05, 4.69) is 18.0 Å². The van der Waals surface area contributed by atoms with Gasteiger partial charge in [0, 0.05) is 18.2 Å². The summed E-state index contributed by atoms with van der Waals surface area (Å²) in [5.74, 6) is 1.67. The Labute approximate surface area is 152 Å². The van der Waals surface area contributed by atoms with E-state index in [1.165, 1.54) is 0 Å². The van der Waals surface area contributed by atoms with Crippen molar-refractivity contribution in [3.63, 3.8) is 0 Å². The highest BCUT2D eigenvalue weighted by Crippen LogP contribution is 2.34. The van der Waals surface area contributed by atoms with E-state index in [1.54, 1.807) is 6.20 Å². The van der Waals surface area contributed by atoms with Gasteiger partial charge in [-0.15, -0.1) is 5.10 Å². The molecular formula is C20H23N5O. The maximum absolute atomic E-state index is 9.98. The monoisotopic (exact) mass is 349 g/mol. The molecule has 0 amide bonds. The van der Waals surface area contributed by atoms with Crippen molar-refractivity contribution in [3.05, 3.63) is 60.0 Å². The minimum absolute atomic E-state index is 0.165. The molecule has 3 atom stereocenters. The lowest BCUT2D eigenvalue weighted by molar-refractivity contribution is 0.0989. The van der Waals surface area contributed by atoms with E-state index in [0.29, 0.717) is 18.7 Å². The van der Waals surface area contributed by atoms with Crippen LogP contribution in [0.2, 0.25) is 0 Å². The maximum atomic E-state index is 9.98. The smallest absolute Gasteiger partial charge is 0.200 e. The third-order valence-electron chi connectivity index (χ3n) is 5.10. The molecule has 26 heavy (non-hydrogen) atoms. The number of hydrogen-bond acceptors (Lipinski definition) is 5. The number of pyridine rings is 1. The van der Waals surface area contributed by atoms with Crippen LogP contribution in [-0.4, -0.2) is 37.0 Å². The van der Waals surface area contributed by atoms with Crippen molar-refractivity contribution in [3.8, 4) is 17.2 Å². The van der Waals surface area contributed by atoms with Crippen LogP contribution in [0.1, 0.15) is 36.6 Å². The molecule has 0 aliphatic heterocycles. The molecule has 3 aromatic rings. The summed E-state index contributed by atoms with van der Waals surface area (Å²) in [5.41, 5.74) is 9.02. The summed E-state index contributed by atoms with van der Waals surface area (Å²) < 4.78 is 1.93. The zero-order chi connectivity index (χ0) is 18.1. The van der Waals surface area contributed by atoms with Crippen LogP contribution in [0.5, 0.6) is 0 Å². The van der Waals surface area contributed by atoms with Crippen LogP contribution in [0.15, 0.2) is 48.7 Å². The van der Waals surface area contributed by atoms with Crippen LogP contribution in [0.25, 0.3) is 17.2 Å².